The Kier molecular flexibility index (Phi) is 9.96. The van der Waals surface area contributed by atoms with E-state index in [0.717, 1.165) is 30.8 Å². The molecule has 0 heterocycles. The van der Waals surface area contributed by atoms with Gasteiger partial charge >= 0.3 is 0 Å². The van der Waals surface area contributed by atoms with Crippen molar-refractivity contribution >= 4 is 0 Å². The number of rotatable bonds is 11. The van der Waals surface area contributed by atoms with Crippen molar-refractivity contribution in [3.63, 3.8) is 0 Å². The molecule has 4 nitrogen and oxygen atoms in total. The lowest BCUT2D eigenvalue weighted by molar-refractivity contribution is -1.03. The number of hydrogen-bond donors (Lipinski definition) is 1. The number of nitrogens with one attached hydrogen (secondary N) is 1. The number of nitrogens with zero attached hydrogens (tertiary/aromatic N) is 3. The fourth-order valence-electron chi connectivity index (χ4n) is 2.10. The van der Waals surface area contributed by atoms with Gasteiger partial charge in [0.15, 0.2) is 6.04 Å². The summed E-state index contributed by atoms with van der Waals surface area (Å²) in [6, 6.07) is 3.64. The van der Waals surface area contributed by atoms with Gasteiger partial charge in [0.1, 0.15) is 6.07 Å². The quantitative estimate of drug-likeness (QED) is 0.353. The summed E-state index contributed by atoms with van der Waals surface area (Å²) in [4.78, 5) is 0. The van der Waals surface area contributed by atoms with Gasteiger partial charge in [-0.15, -0.1) is 18.2 Å². The molecule has 0 aliphatic carbocycles. The highest BCUT2D eigenvalue weighted by molar-refractivity contribution is 5.03. The van der Waals surface area contributed by atoms with E-state index in [0.29, 0.717) is 6.54 Å². The van der Waals surface area contributed by atoms with Gasteiger partial charge in [0.25, 0.3) is 0 Å². The van der Waals surface area contributed by atoms with Crippen molar-refractivity contribution in [3.05, 3.63) is 38.0 Å². The molecule has 3 unspecified atom stereocenters. The number of hydrogen-bond acceptors (Lipinski definition) is 3. The van der Waals surface area contributed by atoms with Crippen molar-refractivity contribution in [2.75, 3.05) is 13.1 Å². The average molecular weight is 273 g/mol. The van der Waals surface area contributed by atoms with Gasteiger partial charge in [-0.25, -0.2) is 5.01 Å². The minimum Gasteiger partial charge on any atom is -0.235 e. The summed E-state index contributed by atoms with van der Waals surface area (Å²) in [5.41, 5.74) is 0. The van der Waals surface area contributed by atoms with E-state index < -0.39 is 6.04 Å². The van der Waals surface area contributed by atoms with Gasteiger partial charge in [0, 0.05) is 0 Å². The van der Waals surface area contributed by atoms with E-state index >= 15 is 0 Å². The standard InChI is InChI=1S/C16H24N4/c1-5-9-10-12-20(16(8-4)14-18)19(11-6-2)15(7-3)13-17/h6-8,15-16H,2-5,9-12H2,1H3/p+1. The van der Waals surface area contributed by atoms with Gasteiger partial charge in [0.05, 0.1) is 19.2 Å². The summed E-state index contributed by atoms with van der Waals surface area (Å²) in [5, 5.41) is 21.4. The summed E-state index contributed by atoms with van der Waals surface area (Å²) in [7, 11) is 0. The Balaban J connectivity index is 5.23. The van der Waals surface area contributed by atoms with Gasteiger partial charge in [-0.1, -0.05) is 32.1 Å². The first-order chi connectivity index (χ1) is 9.69. The van der Waals surface area contributed by atoms with Crippen LogP contribution in [0.4, 0.5) is 0 Å². The van der Waals surface area contributed by atoms with E-state index in [1.165, 1.54) is 0 Å². The molecule has 108 valence electrons. The molecule has 0 aromatic rings. The third kappa shape index (κ3) is 5.40. The van der Waals surface area contributed by atoms with Crippen LogP contribution in [0.5, 0.6) is 0 Å². The number of unbranched alkanes of at least 4 members (excludes halogenated alkanes) is 2. The summed E-state index contributed by atoms with van der Waals surface area (Å²) < 4.78 is 0. The SMILES string of the molecule is C=CCN(C(C#N)C=C)[NH+](CCCCC)C(C#N)C=C. The molecule has 0 saturated carbocycles. The zero-order valence-electron chi connectivity index (χ0n) is 12.4. The predicted octanol–water partition coefficient (Wildman–Crippen LogP) is 1.62. The normalized spacial score (nSPS) is 14.6. The van der Waals surface area contributed by atoms with Crippen molar-refractivity contribution in [1.82, 2.24) is 5.01 Å². The minimum atomic E-state index is -0.444. The zero-order valence-corrected chi connectivity index (χ0v) is 12.4. The van der Waals surface area contributed by atoms with Crippen LogP contribution in [-0.4, -0.2) is 30.2 Å². The molecule has 0 spiro atoms. The minimum absolute atomic E-state index is 0.373. The van der Waals surface area contributed by atoms with E-state index in [4.69, 9.17) is 0 Å². The molecule has 0 aliphatic heterocycles. The maximum absolute atomic E-state index is 9.29. The topological polar surface area (TPSA) is 55.3 Å². The van der Waals surface area contributed by atoms with Crippen molar-refractivity contribution < 1.29 is 5.01 Å². The molecule has 0 amide bonds. The molecule has 3 atom stereocenters. The predicted molar refractivity (Wildman–Crippen MR) is 81.5 cm³/mol. The van der Waals surface area contributed by atoms with Gasteiger partial charge in [-0.3, -0.25) is 0 Å². The Bertz CT molecular complexity index is 388. The molecule has 0 radical (unpaired) electrons. The Morgan fingerprint density at radius 3 is 2.25 bits per heavy atom. The highest BCUT2D eigenvalue weighted by Crippen LogP contribution is 1.97. The molecule has 0 aromatic carbocycles. The summed E-state index contributed by atoms with van der Waals surface area (Å²) >= 11 is 0. The molecule has 0 aliphatic rings. The third-order valence-electron chi connectivity index (χ3n) is 3.16. The lowest BCUT2D eigenvalue weighted by Gasteiger charge is -2.34. The lowest BCUT2D eigenvalue weighted by atomic mass is 10.2. The van der Waals surface area contributed by atoms with Crippen LogP contribution in [0, 0.1) is 22.7 Å². The molecule has 0 saturated heterocycles. The molecule has 20 heavy (non-hydrogen) atoms. The van der Waals surface area contributed by atoms with Crippen LogP contribution in [-0.2, 0) is 0 Å². The molecular weight excluding hydrogens is 248 g/mol. The first-order valence-electron chi connectivity index (χ1n) is 6.97. The summed E-state index contributed by atoms with van der Waals surface area (Å²) in [5.74, 6) is 0. The van der Waals surface area contributed by atoms with Crippen molar-refractivity contribution in [1.29, 1.82) is 10.5 Å². The van der Waals surface area contributed by atoms with Gasteiger partial charge in [-0.2, -0.15) is 10.5 Å². The van der Waals surface area contributed by atoms with Crippen LogP contribution in [0.3, 0.4) is 0 Å². The molecule has 4 heteroatoms. The first kappa shape index (κ1) is 18.1. The van der Waals surface area contributed by atoms with Crippen molar-refractivity contribution in [2.45, 2.75) is 38.3 Å². The van der Waals surface area contributed by atoms with Crippen LogP contribution in [0.15, 0.2) is 38.0 Å². The van der Waals surface area contributed by atoms with E-state index in [1.807, 2.05) is 5.01 Å². The molecule has 0 aromatic heterocycles. The van der Waals surface area contributed by atoms with Crippen molar-refractivity contribution in [3.8, 4) is 12.1 Å². The molecule has 0 fully saturated rings. The Morgan fingerprint density at radius 2 is 1.85 bits per heavy atom. The van der Waals surface area contributed by atoms with Crippen LogP contribution >= 0.6 is 0 Å². The van der Waals surface area contributed by atoms with E-state index in [9.17, 15) is 10.5 Å². The molecule has 0 bridgehead atoms. The van der Waals surface area contributed by atoms with Crippen LogP contribution < -0.4 is 5.01 Å². The highest BCUT2D eigenvalue weighted by atomic mass is 15.6. The summed E-state index contributed by atoms with van der Waals surface area (Å²) in [6.45, 7) is 14.6. The maximum atomic E-state index is 9.29. The van der Waals surface area contributed by atoms with Crippen LogP contribution in [0.25, 0.3) is 0 Å². The Labute approximate surface area is 122 Å². The highest BCUT2D eigenvalue weighted by Gasteiger charge is 2.30. The second-order valence-electron chi connectivity index (χ2n) is 4.54. The van der Waals surface area contributed by atoms with Crippen molar-refractivity contribution in [2.24, 2.45) is 0 Å². The third-order valence-corrected chi connectivity index (χ3v) is 3.16. The average Bonchev–Trinajstić information content (AvgIpc) is 2.47. The Hall–Kier alpha value is -1.88. The second-order valence-corrected chi connectivity index (χ2v) is 4.54. The molecule has 0 rings (SSSR count). The van der Waals surface area contributed by atoms with Crippen LogP contribution in [0.2, 0.25) is 0 Å². The largest absolute Gasteiger partial charge is 0.235 e. The molecular formula is C16H25N4+. The monoisotopic (exact) mass is 273 g/mol. The van der Waals surface area contributed by atoms with Gasteiger partial charge < -0.3 is 0 Å². The Morgan fingerprint density at radius 1 is 1.15 bits per heavy atom. The van der Waals surface area contributed by atoms with Gasteiger partial charge in [-0.05, 0) is 18.9 Å². The van der Waals surface area contributed by atoms with E-state index in [1.54, 1.807) is 18.2 Å². The van der Waals surface area contributed by atoms with E-state index in [2.05, 4.69) is 38.8 Å². The fourth-order valence-corrected chi connectivity index (χ4v) is 2.10. The number of quaternary nitrogens is 1. The summed E-state index contributed by atoms with van der Waals surface area (Å²) in [6.07, 6.45) is 8.19. The first-order valence-corrected chi connectivity index (χ1v) is 6.97. The zero-order chi connectivity index (χ0) is 15.4. The van der Waals surface area contributed by atoms with Crippen LogP contribution in [0.1, 0.15) is 26.2 Å². The second kappa shape index (κ2) is 11.0. The maximum Gasteiger partial charge on any atom is 0.211 e. The smallest absolute Gasteiger partial charge is 0.211 e. The van der Waals surface area contributed by atoms with Gasteiger partial charge in [0.2, 0.25) is 6.04 Å². The molecule has 1 N–H and O–H groups in total. The lowest BCUT2D eigenvalue weighted by Crippen LogP contribution is -3.22. The number of nitriles is 2. The van der Waals surface area contributed by atoms with E-state index in [-0.39, 0.29) is 6.04 Å². The fraction of sp³-hybridized carbons (Fsp3) is 0.500.